The van der Waals surface area contributed by atoms with Gasteiger partial charge in [0.2, 0.25) is 5.91 Å². The first-order valence-electron chi connectivity index (χ1n) is 7.32. The van der Waals surface area contributed by atoms with Crippen molar-refractivity contribution in [1.29, 1.82) is 0 Å². The van der Waals surface area contributed by atoms with Gasteiger partial charge in [-0.3, -0.25) is 4.79 Å². The van der Waals surface area contributed by atoms with E-state index in [9.17, 15) is 4.79 Å². The van der Waals surface area contributed by atoms with E-state index in [1.54, 1.807) is 0 Å². The van der Waals surface area contributed by atoms with Gasteiger partial charge in [-0.05, 0) is 18.8 Å². The van der Waals surface area contributed by atoms with Crippen molar-refractivity contribution in [2.45, 2.75) is 63.3 Å². The SMILES string of the molecule is CCC(C)C(N)C(=O)N1CCSC2CCCCC21. The molecule has 0 radical (unpaired) electrons. The largest absolute Gasteiger partial charge is 0.336 e. The standard InChI is InChI=1S/C14H26N2OS/c1-3-10(2)13(15)14(17)16-8-9-18-12-7-5-4-6-11(12)16/h10-13H,3-9,15H2,1-2H3. The van der Waals surface area contributed by atoms with E-state index in [2.05, 4.69) is 30.5 Å². The number of amides is 1. The van der Waals surface area contributed by atoms with Crippen molar-refractivity contribution in [3.05, 3.63) is 0 Å². The number of hydrogen-bond acceptors (Lipinski definition) is 3. The Hall–Kier alpha value is -0.220. The van der Waals surface area contributed by atoms with Crippen LogP contribution in [0.5, 0.6) is 0 Å². The minimum Gasteiger partial charge on any atom is -0.336 e. The molecule has 1 aliphatic heterocycles. The van der Waals surface area contributed by atoms with Gasteiger partial charge in [0.25, 0.3) is 0 Å². The van der Waals surface area contributed by atoms with E-state index in [-0.39, 0.29) is 17.9 Å². The fraction of sp³-hybridized carbons (Fsp3) is 0.929. The summed E-state index contributed by atoms with van der Waals surface area (Å²) in [5, 5.41) is 0.667. The average Bonchev–Trinajstić information content (AvgIpc) is 2.44. The maximum atomic E-state index is 12.5. The Morgan fingerprint density at radius 1 is 1.44 bits per heavy atom. The summed E-state index contributed by atoms with van der Waals surface area (Å²) in [5.41, 5.74) is 6.13. The van der Waals surface area contributed by atoms with Gasteiger partial charge in [-0.15, -0.1) is 0 Å². The molecule has 0 bridgehead atoms. The molecule has 1 amide bonds. The lowest BCUT2D eigenvalue weighted by Crippen LogP contribution is -2.57. The highest BCUT2D eigenvalue weighted by atomic mass is 32.2. The summed E-state index contributed by atoms with van der Waals surface area (Å²) < 4.78 is 0. The summed E-state index contributed by atoms with van der Waals surface area (Å²) in [6, 6.07) is 0.154. The van der Waals surface area contributed by atoms with Gasteiger partial charge in [0.05, 0.1) is 6.04 Å². The van der Waals surface area contributed by atoms with Crippen LogP contribution in [0.1, 0.15) is 46.0 Å². The number of carbonyl (C=O) groups excluding carboxylic acids is 1. The van der Waals surface area contributed by atoms with E-state index in [1.165, 1.54) is 25.7 Å². The zero-order valence-corrected chi connectivity index (χ0v) is 12.4. The monoisotopic (exact) mass is 270 g/mol. The molecule has 104 valence electrons. The van der Waals surface area contributed by atoms with Gasteiger partial charge in [-0.1, -0.05) is 33.1 Å². The fourth-order valence-electron chi connectivity index (χ4n) is 3.06. The molecule has 4 atom stereocenters. The van der Waals surface area contributed by atoms with Crippen LogP contribution >= 0.6 is 11.8 Å². The van der Waals surface area contributed by atoms with Crippen LogP contribution < -0.4 is 5.73 Å². The smallest absolute Gasteiger partial charge is 0.240 e. The van der Waals surface area contributed by atoms with Crippen LogP contribution in [-0.2, 0) is 4.79 Å². The van der Waals surface area contributed by atoms with E-state index in [1.807, 2.05) is 0 Å². The minimum absolute atomic E-state index is 0.196. The van der Waals surface area contributed by atoms with Crippen molar-refractivity contribution in [2.75, 3.05) is 12.3 Å². The van der Waals surface area contributed by atoms with Crippen LogP contribution in [-0.4, -0.2) is 40.4 Å². The van der Waals surface area contributed by atoms with Crippen molar-refractivity contribution in [1.82, 2.24) is 4.90 Å². The first-order chi connectivity index (χ1) is 8.65. The third kappa shape index (κ3) is 2.85. The molecule has 0 aromatic rings. The minimum atomic E-state index is -0.305. The van der Waals surface area contributed by atoms with E-state index >= 15 is 0 Å². The molecule has 1 saturated carbocycles. The summed E-state index contributed by atoms with van der Waals surface area (Å²) in [6.45, 7) is 5.09. The Morgan fingerprint density at radius 2 is 2.17 bits per heavy atom. The highest BCUT2D eigenvalue weighted by Gasteiger charge is 2.38. The Labute approximate surface area is 115 Å². The van der Waals surface area contributed by atoms with Gasteiger partial charge in [0.15, 0.2) is 0 Å². The van der Waals surface area contributed by atoms with Gasteiger partial charge in [-0.2, -0.15) is 11.8 Å². The molecule has 2 fully saturated rings. The molecule has 2 rings (SSSR count). The summed E-state index contributed by atoms with van der Waals surface area (Å²) in [7, 11) is 0. The Kier molecular flexibility index (Phi) is 4.96. The Bertz CT molecular complexity index is 296. The van der Waals surface area contributed by atoms with E-state index in [0.717, 1.165) is 18.7 Å². The lowest BCUT2D eigenvalue weighted by Gasteiger charge is -2.44. The maximum Gasteiger partial charge on any atom is 0.240 e. The summed E-state index contributed by atoms with van der Waals surface area (Å²) in [4.78, 5) is 14.7. The molecule has 0 spiro atoms. The molecule has 2 aliphatic rings. The molecular formula is C14H26N2OS. The number of nitrogens with zero attached hydrogens (tertiary/aromatic N) is 1. The zero-order valence-electron chi connectivity index (χ0n) is 11.6. The van der Waals surface area contributed by atoms with Crippen molar-refractivity contribution in [3.63, 3.8) is 0 Å². The summed E-state index contributed by atoms with van der Waals surface area (Å²) in [6.07, 6.45) is 6.02. The van der Waals surface area contributed by atoms with Gasteiger partial charge in [0, 0.05) is 23.6 Å². The molecule has 1 heterocycles. The van der Waals surface area contributed by atoms with E-state index in [0.29, 0.717) is 11.3 Å². The van der Waals surface area contributed by atoms with Crippen molar-refractivity contribution < 1.29 is 4.79 Å². The van der Waals surface area contributed by atoms with Crippen molar-refractivity contribution in [2.24, 2.45) is 11.7 Å². The number of carbonyl (C=O) groups is 1. The average molecular weight is 270 g/mol. The first kappa shape index (κ1) is 14.2. The van der Waals surface area contributed by atoms with Crippen molar-refractivity contribution in [3.8, 4) is 0 Å². The van der Waals surface area contributed by atoms with Crippen LogP contribution in [0.2, 0.25) is 0 Å². The van der Waals surface area contributed by atoms with Gasteiger partial charge >= 0.3 is 0 Å². The van der Waals surface area contributed by atoms with Crippen LogP contribution in [0.15, 0.2) is 0 Å². The second kappa shape index (κ2) is 6.29. The Balaban J connectivity index is 2.03. The van der Waals surface area contributed by atoms with Gasteiger partial charge in [-0.25, -0.2) is 0 Å². The van der Waals surface area contributed by atoms with Crippen molar-refractivity contribution >= 4 is 17.7 Å². The highest BCUT2D eigenvalue weighted by Crippen LogP contribution is 2.35. The predicted molar refractivity (Wildman–Crippen MR) is 77.6 cm³/mol. The van der Waals surface area contributed by atoms with Crippen LogP contribution in [0, 0.1) is 5.92 Å². The fourth-order valence-corrected chi connectivity index (χ4v) is 4.50. The number of rotatable bonds is 3. The Morgan fingerprint density at radius 3 is 2.89 bits per heavy atom. The lowest BCUT2D eigenvalue weighted by molar-refractivity contribution is -0.136. The second-order valence-electron chi connectivity index (χ2n) is 5.70. The van der Waals surface area contributed by atoms with Crippen LogP contribution in [0.25, 0.3) is 0 Å². The highest BCUT2D eigenvalue weighted by molar-refractivity contribution is 8.00. The normalized spacial score (nSPS) is 31.6. The molecule has 3 nitrogen and oxygen atoms in total. The molecule has 4 heteroatoms. The third-order valence-corrected chi connectivity index (χ3v) is 5.95. The molecule has 0 aromatic heterocycles. The molecule has 18 heavy (non-hydrogen) atoms. The molecule has 1 saturated heterocycles. The van der Waals surface area contributed by atoms with Gasteiger partial charge < -0.3 is 10.6 Å². The summed E-state index contributed by atoms with van der Waals surface area (Å²) in [5.74, 6) is 1.57. The topological polar surface area (TPSA) is 46.3 Å². The number of fused-ring (bicyclic) bond motifs is 1. The van der Waals surface area contributed by atoms with E-state index < -0.39 is 0 Å². The number of nitrogens with two attached hydrogens (primary N) is 1. The van der Waals surface area contributed by atoms with E-state index in [4.69, 9.17) is 5.73 Å². The molecular weight excluding hydrogens is 244 g/mol. The lowest BCUT2D eigenvalue weighted by atomic mass is 9.91. The third-order valence-electron chi connectivity index (χ3n) is 4.56. The molecule has 1 aliphatic carbocycles. The van der Waals surface area contributed by atoms with Crippen LogP contribution in [0.4, 0.5) is 0 Å². The zero-order chi connectivity index (χ0) is 13.1. The second-order valence-corrected chi connectivity index (χ2v) is 7.05. The number of thioether (sulfide) groups is 1. The first-order valence-corrected chi connectivity index (χ1v) is 8.37. The molecule has 4 unspecified atom stereocenters. The molecule has 2 N–H and O–H groups in total. The predicted octanol–water partition coefficient (Wildman–Crippen LogP) is 2.25. The summed E-state index contributed by atoms with van der Waals surface area (Å²) >= 11 is 2.06. The van der Waals surface area contributed by atoms with Gasteiger partial charge in [0.1, 0.15) is 0 Å². The molecule has 0 aromatic carbocycles. The number of hydrogen-bond donors (Lipinski definition) is 1. The quantitative estimate of drug-likeness (QED) is 0.855. The van der Waals surface area contributed by atoms with Crippen LogP contribution in [0.3, 0.4) is 0 Å². The maximum absolute atomic E-state index is 12.5.